The molecule has 0 heterocycles. The first-order valence-electron chi connectivity index (χ1n) is 3.66. The average molecular weight is 141 g/mol. The quantitative estimate of drug-likeness (QED) is 0.435. The lowest BCUT2D eigenvalue weighted by Gasteiger charge is -2.20. The summed E-state index contributed by atoms with van der Waals surface area (Å²) in [5, 5.41) is 0. The van der Waals surface area contributed by atoms with E-state index in [0.717, 1.165) is 12.8 Å². The molecule has 0 aliphatic rings. The van der Waals surface area contributed by atoms with Crippen LogP contribution in [0.4, 0.5) is 0 Å². The Morgan fingerprint density at radius 2 is 2.10 bits per heavy atom. The molecular weight excluding hydrogens is 126 g/mol. The van der Waals surface area contributed by atoms with Crippen LogP contribution in [-0.4, -0.2) is 12.6 Å². The molecule has 0 aliphatic carbocycles. The van der Waals surface area contributed by atoms with Gasteiger partial charge in [-0.3, -0.25) is 0 Å². The predicted octanol–water partition coefficient (Wildman–Crippen LogP) is 2.15. The standard InChI is InChI=1S/C8H15NO/c1-4-8(2,3)5-6-9-7-10/h4-6H2,1-3H3. The Hall–Kier alpha value is -0.620. The van der Waals surface area contributed by atoms with Gasteiger partial charge >= 0.3 is 0 Å². The first-order valence-corrected chi connectivity index (χ1v) is 3.66. The van der Waals surface area contributed by atoms with E-state index in [1.165, 1.54) is 6.08 Å². The average Bonchev–Trinajstić information content (AvgIpc) is 1.89. The summed E-state index contributed by atoms with van der Waals surface area (Å²) in [5.41, 5.74) is 0.320. The lowest BCUT2D eigenvalue weighted by atomic mass is 9.87. The highest BCUT2D eigenvalue weighted by Crippen LogP contribution is 2.23. The third kappa shape index (κ3) is 4.28. The number of nitrogens with zero attached hydrogens (tertiary/aromatic N) is 1. The van der Waals surface area contributed by atoms with Gasteiger partial charge in [0.25, 0.3) is 0 Å². The van der Waals surface area contributed by atoms with Crippen molar-refractivity contribution in [3.63, 3.8) is 0 Å². The van der Waals surface area contributed by atoms with Crippen molar-refractivity contribution < 1.29 is 4.79 Å². The summed E-state index contributed by atoms with van der Waals surface area (Å²) in [7, 11) is 0. The fourth-order valence-electron chi connectivity index (χ4n) is 0.581. The zero-order chi connectivity index (χ0) is 8.04. The molecule has 0 unspecified atom stereocenters. The van der Waals surface area contributed by atoms with Crippen LogP contribution < -0.4 is 0 Å². The van der Waals surface area contributed by atoms with Gasteiger partial charge in [-0.2, -0.15) is 0 Å². The summed E-state index contributed by atoms with van der Waals surface area (Å²) in [5.74, 6) is 0. The summed E-state index contributed by atoms with van der Waals surface area (Å²) < 4.78 is 0. The summed E-state index contributed by atoms with van der Waals surface area (Å²) in [6.45, 7) is 7.11. The van der Waals surface area contributed by atoms with Crippen LogP contribution in [0.1, 0.15) is 33.6 Å². The molecule has 0 bridgehead atoms. The minimum absolute atomic E-state index is 0.320. The summed E-state index contributed by atoms with van der Waals surface area (Å²) in [6, 6.07) is 0. The van der Waals surface area contributed by atoms with E-state index < -0.39 is 0 Å². The van der Waals surface area contributed by atoms with E-state index in [0.29, 0.717) is 12.0 Å². The molecule has 10 heavy (non-hydrogen) atoms. The second kappa shape index (κ2) is 4.24. The molecule has 0 atom stereocenters. The maximum absolute atomic E-state index is 9.69. The molecule has 0 N–H and O–H groups in total. The molecule has 0 radical (unpaired) electrons. The number of aliphatic imine (C=N–C) groups is 1. The molecule has 0 aliphatic heterocycles. The van der Waals surface area contributed by atoms with Crippen LogP contribution in [0.3, 0.4) is 0 Å². The zero-order valence-electron chi connectivity index (χ0n) is 6.98. The summed E-state index contributed by atoms with van der Waals surface area (Å²) in [6.07, 6.45) is 3.64. The van der Waals surface area contributed by atoms with Crippen LogP contribution >= 0.6 is 0 Å². The molecule has 0 aromatic carbocycles. The maximum Gasteiger partial charge on any atom is 0.234 e. The van der Waals surface area contributed by atoms with Crippen LogP contribution in [0.15, 0.2) is 4.99 Å². The fourth-order valence-corrected chi connectivity index (χ4v) is 0.581. The van der Waals surface area contributed by atoms with Gasteiger partial charge in [0.1, 0.15) is 0 Å². The van der Waals surface area contributed by atoms with Gasteiger partial charge in [0, 0.05) is 0 Å². The second-order valence-corrected chi connectivity index (χ2v) is 3.24. The highest BCUT2D eigenvalue weighted by molar-refractivity contribution is 5.32. The van der Waals surface area contributed by atoms with Crippen molar-refractivity contribution in [1.82, 2.24) is 0 Å². The Labute approximate surface area is 62.4 Å². The number of carbonyl (C=O) groups excluding carboxylic acids is 1. The van der Waals surface area contributed by atoms with E-state index >= 15 is 0 Å². The Bertz CT molecular complexity index is 134. The molecule has 2 nitrogen and oxygen atoms in total. The van der Waals surface area contributed by atoms with Crippen LogP contribution in [0.25, 0.3) is 0 Å². The van der Waals surface area contributed by atoms with Gasteiger partial charge in [-0.25, -0.2) is 9.79 Å². The van der Waals surface area contributed by atoms with Gasteiger partial charge in [0.15, 0.2) is 0 Å². The molecule has 0 rings (SSSR count). The highest BCUT2D eigenvalue weighted by atomic mass is 16.1. The lowest BCUT2D eigenvalue weighted by molar-refractivity contribution is 0.328. The molecule has 0 fully saturated rings. The molecule has 0 spiro atoms. The van der Waals surface area contributed by atoms with Crippen molar-refractivity contribution >= 4 is 6.08 Å². The third-order valence-corrected chi connectivity index (χ3v) is 1.92. The minimum Gasteiger partial charge on any atom is -0.211 e. The molecular formula is C8H15NO. The van der Waals surface area contributed by atoms with Crippen molar-refractivity contribution in [2.45, 2.75) is 33.6 Å². The Kier molecular flexibility index (Phi) is 3.97. The number of isocyanates is 1. The number of rotatable bonds is 4. The first kappa shape index (κ1) is 9.38. The summed E-state index contributed by atoms with van der Waals surface area (Å²) >= 11 is 0. The van der Waals surface area contributed by atoms with Crippen molar-refractivity contribution in [3.8, 4) is 0 Å². The van der Waals surface area contributed by atoms with E-state index in [2.05, 4.69) is 25.8 Å². The van der Waals surface area contributed by atoms with E-state index in [9.17, 15) is 4.79 Å². The smallest absolute Gasteiger partial charge is 0.211 e. The van der Waals surface area contributed by atoms with E-state index in [4.69, 9.17) is 0 Å². The lowest BCUT2D eigenvalue weighted by Crippen LogP contribution is -2.10. The van der Waals surface area contributed by atoms with E-state index in [1.54, 1.807) is 0 Å². The summed E-state index contributed by atoms with van der Waals surface area (Å²) in [4.78, 5) is 13.2. The van der Waals surface area contributed by atoms with E-state index in [1.807, 2.05) is 0 Å². The predicted molar refractivity (Wildman–Crippen MR) is 41.7 cm³/mol. The molecule has 0 saturated heterocycles. The van der Waals surface area contributed by atoms with Crippen molar-refractivity contribution in [3.05, 3.63) is 0 Å². The number of hydrogen-bond donors (Lipinski definition) is 0. The van der Waals surface area contributed by atoms with Gasteiger partial charge in [-0.15, -0.1) is 0 Å². The Balaban J connectivity index is 3.56. The van der Waals surface area contributed by atoms with Crippen molar-refractivity contribution in [2.24, 2.45) is 10.4 Å². The highest BCUT2D eigenvalue weighted by Gasteiger charge is 2.13. The maximum atomic E-state index is 9.69. The molecule has 0 aromatic rings. The van der Waals surface area contributed by atoms with Crippen LogP contribution in [0, 0.1) is 5.41 Å². The topological polar surface area (TPSA) is 29.4 Å². The zero-order valence-corrected chi connectivity index (χ0v) is 6.98. The first-order chi connectivity index (χ1) is 4.62. The molecule has 58 valence electrons. The van der Waals surface area contributed by atoms with Crippen molar-refractivity contribution in [2.75, 3.05) is 6.54 Å². The fraction of sp³-hybridized carbons (Fsp3) is 0.875. The SMILES string of the molecule is CCC(C)(C)CCN=C=O. The third-order valence-electron chi connectivity index (χ3n) is 1.92. The number of hydrogen-bond acceptors (Lipinski definition) is 2. The largest absolute Gasteiger partial charge is 0.234 e. The molecule has 0 amide bonds. The van der Waals surface area contributed by atoms with Gasteiger partial charge in [-0.05, 0) is 11.8 Å². The van der Waals surface area contributed by atoms with Crippen LogP contribution in [0.2, 0.25) is 0 Å². The second-order valence-electron chi connectivity index (χ2n) is 3.24. The van der Waals surface area contributed by atoms with Crippen molar-refractivity contribution in [1.29, 1.82) is 0 Å². The van der Waals surface area contributed by atoms with Gasteiger partial charge in [-0.1, -0.05) is 27.2 Å². The van der Waals surface area contributed by atoms with Crippen LogP contribution in [0.5, 0.6) is 0 Å². The van der Waals surface area contributed by atoms with Gasteiger partial charge < -0.3 is 0 Å². The van der Waals surface area contributed by atoms with Gasteiger partial charge in [0.2, 0.25) is 6.08 Å². The molecule has 0 saturated carbocycles. The Morgan fingerprint density at radius 3 is 2.50 bits per heavy atom. The minimum atomic E-state index is 0.320. The monoisotopic (exact) mass is 141 g/mol. The normalized spacial score (nSPS) is 10.7. The Morgan fingerprint density at radius 1 is 1.50 bits per heavy atom. The van der Waals surface area contributed by atoms with Gasteiger partial charge in [0.05, 0.1) is 6.54 Å². The van der Waals surface area contributed by atoms with E-state index in [-0.39, 0.29) is 0 Å². The molecule has 0 aromatic heterocycles. The molecule has 2 heteroatoms. The van der Waals surface area contributed by atoms with Crippen LogP contribution in [-0.2, 0) is 4.79 Å².